The first-order chi connectivity index (χ1) is 11.3. The average molecular weight is 314 g/mol. The summed E-state index contributed by atoms with van der Waals surface area (Å²) in [6, 6.07) is 11.8. The van der Waals surface area contributed by atoms with E-state index in [0.29, 0.717) is 13.2 Å². The van der Waals surface area contributed by atoms with Crippen molar-refractivity contribution < 1.29 is 19.0 Å². The number of rotatable bonds is 9. The van der Waals surface area contributed by atoms with Gasteiger partial charge in [0.15, 0.2) is 0 Å². The van der Waals surface area contributed by atoms with E-state index in [2.05, 4.69) is 13.5 Å². The molecule has 122 valence electrons. The van der Waals surface area contributed by atoms with Crippen LogP contribution in [0.1, 0.15) is 19.8 Å². The zero-order valence-corrected chi connectivity index (χ0v) is 13.4. The summed E-state index contributed by atoms with van der Waals surface area (Å²) in [5.74, 6) is 1.16. The number of ether oxygens (including phenoxy) is 3. The molecule has 0 aliphatic heterocycles. The van der Waals surface area contributed by atoms with Gasteiger partial charge in [-0.05, 0) is 18.6 Å². The number of hydrogen-bond acceptors (Lipinski definition) is 4. The monoisotopic (exact) mass is 314 g/mol. The second kappa shape index (κ2) is 8.83. The van der Waals surface area contributed by atoms with Crippen molar-refractivity contribution in [2.45, 2.75) is 19.8 Å². The molecule has 0 fully saturated rings. The van der Waals surface area contributed by atoms with Crippen molar-refractivity contribution in [1.82, 2.24) is 0 Å². The molecule has 0 aliphatic rings. The Kier molecular flexibility index (Phi) is 6.48. The molecule has 0 aliphatic carbocycles. The Labute approximate surface area is 136 Å². The Bertz CT molecular complexity index is 663. The molecule has 0 aromatic heterocycles. The molecule has 0 saturated carbocycles. The summed E-state index contributed by atoms with van der Waals surface area (Å²) in [6.45, 7) is 6.67. The Morgan fingerprint density at radius 1 is 1.00 bits per heavy atom. The Morgan fingerprint density at radius 2 is 1.61 bits per heavy atom. The second-order valence-electron chi connectivity index (χ2n) is 5.03. The zero-order valence-electron chi connectivity index (χ0n) is 13.4. The van der Waals surface area contributed by atoms with Crippen molar-refractivity contribution in [2.75, 3.05) is 19.8 Å². The lowest BCUT2D eigenvalue weighted by Crippen LogP contribution is -2.10. The number of fused-ring (bicyclic) bond motifs is 1. The highest BCUT2D eigenvalue weighted by molar-refractivity contribution is 5.93. The minimum atomic E-state index is -0.446. The van der Waals surface area contributed by atoms with E-state index in [9.17, 15) is 4.79 Å². The highest BCUT2D eigenvalue weighted by Crippen LogP contribution is 2.33. The first-order valence-electron chi connectivity index (χ1n) is 7.82. The number of benzene rings is 2. The van der Waals surface area contributed by atoms with Crippen LogP contribution in [-0.2, 0) is 9.53 Å². The summed E-state index contributed by atoms with van der Waals surface area (Å²) in [5, 5.41) is 2.00. The molecule has 0 N–H and O–H groups in total. The summed E-state index contributed by atoms with van der Waals surface area (Å²) in [6.07, 6.45) is 3.27. The Morgan fingerprint density at radius 3 is 2.17 bits per heavy atom. The molecule has 0 bridgehead atoms. The van der Waals surface area contributed by atoms with Crippen LogP contribution in [0, 0.1) is 0 Å². The molecule has 0 heterocycles. The van der Waals surface area contributed by atoms with Gasteiger partial charge in [0.05, 0.1) is 6.61 Å². The smallest absolute Gasteiger partial charge is 0.330 e. The normalized spacial score (nSPS) is 10.3. The van der Waals surface area contributed by atoms with Crippen LogP contribution in [0.25, 0.3) is 10.8 Å². The predicted octanol–water partition coefficient (Wildman–Crippen LogP) is 4.13. The van der Waals surface area contributed by atoms with E-state index < -0.39 is 5.97 Å². The third-order valence-electron chi connectivity index (χ3n) is 3.35. The zero-order chi connectivity index (χ0) is 16.5. The molecular weight excluding hydrogens is 292 g/mol. The maximum absolute atomic E-state index is 11.0. The van der Waals surface area contributed by atoms with Crippen LogP contribution in [0.15, 0.2) is 49.1 Å². The second-order valence-corrected chi connectivity index (χ2v) is 5.03. The SMILES string of the molecule is C=CC(=O)OCCOc1ccc(OCCCC)c2ccccc12. The van der Waals surface area contributed by atoms with Crippen molar-refractivity contribution in [2.24, 2.45) is 0 Å². The van der Waals surface area contributed by atoms with Crippen molar-refractivity contribution in [3.05, 3.63) is 49.1 Å². The van der Waals surface area contributed by atoms with Gasteiger partial charge in [0.2, 0.25) is 0 Å². The van der Waals surface area contributed by atoms with Crippen LogP contribution >= 0.6 is 0 Å². The largest absolute Gasteiger partial charge is 0.493 e. The Hall–Kier alpha value is -2.49. The van der Waals surface area contributed by atoms with E-state index >= 15 is 0 Å². The van der Waals surface area contributed by atoms with Crippen LogP contribution < -0.4 is 9.47 Å². The van der Waals surface area contributed by atoms with Gasteiger partial charge in [0.25, 0.3) is 0 Å². The molecule has 2 aromatic carbocycles. The molecule has 23 heavy (non-hydrogen) atoms. The number of esters is 1. The van der Waals surface area contributed by atoms with Gasteiger partial charge in [-0.25, -0.2) is 4.79 Å². The summed E-state index contributed by atoms with van der Waals surface area (Å²) < 4.78 is 16.5. The van der Waals surface area contributed by atoms with Crippen molar-refractivity contribution in [3.63, 3.8) is 0 Å². The van der Waals surface area contributed by atoms with Crippen LogP contribution in [0.3, 0.4) is 0 Å². The fourth-order valence-corrected chi connectivity index (χ4v) is 2.17. The predicted molar refractivity (Wildman–Crippen MR) is 91.0 cm³/mol. The molecule has 0 saturated heterocycles. The van der Waals surface area contributed by atoms with Gasteiger partial charge in [-0.15, -0.1) is 0 Å². The highest BCUT2D eigenvalue weighted by Gasteiger charge is 2.08. The average Bonchev–Trinajstić information content (AvgIpc) is 2.59. The summed E-state index contributed by atoms with van der Waals surface area (Å²) in [4.78, 5) is 11.0. The summed E-state index contributed by atoms with van der Waals surface area (Å²) >= 11 is 0. The quantitative estimate of drug-likeness (QED) is 0.397. The van der Waals surface area contributed by atoms with Gasteiger partial charge in [-0.1, -0.05) is 44.2 Å². The number of unbranched alkanes of at least 4 members (excludes halogenated alkanes) is 1. The minimum absolute atomic E-state index is 0.188. The lowest BCUT2D eigenvalue weighted by atomic mass is 10.1. The lowest BCUT2D eigenvalue weighted by molar-refractivity contribution is -0.138. The van der Waals surface area contributed by atoms with Crippen LogP contribution in [-0.4, -0.2) is 25.8 Å². The van der Waals surface area contributed by atoms with E-state index in [4.69, 9.17) is 14.2 Å². The van der Waals surface area contributed by atoms with Crippen LogP contribution in [0.4, 0.5) is 0 Å². The first-order valence-corrected chi connectivity index (χ1v) is 7.82. The van der Waals surface area contributed by atoms with E-state index in [0.717, 1.165) is 41.2 Å². The van der Waals surface area contributed by atoms with E-state index in [-0.39, 0.29) is 6.61 Å². The molecule has 4 heteroatoms. The first kappa shape index (κ1) is 16.9. The number of hydrogen-bond donors (Lipinski definition) is 0. The molecule has 0 amide bonds. The van der Waals surface area contributed by atoms with Crippen molar-refractivity contribution in [1.29, 1.82) is 0 Å². The van der Waals surface area contributed by atoms with E-state index in [1.807, 2.05) is 36.4 Å². The number of carbonyl (C=O) groups is 1. The van der Waals surface area contributed by atoms with Gasteiger partial charge in [0, 0.05) is 16.8 Å². The molecular formula is C19H22O4. The van der Waals surface area contributed by atoms with Crippen molar-refractivity contribution in [3.8, 4) is 11.5 Å². The summed E-state index contributed by atoms with van der Waals surface area (Å²) in [5.41, 5.74) is 0. The molecule has 0 spiro atoms. The van der Waals surface area contributed by atoms with Gasteiger partial charge >= 0.3 is 5.97 Å². The summed E-state index contributed by atoms with van der Waals surface area (Å²) in [7, 11) is 0. The molecule has 0 radical (unpaired) electrons. The van der Waals surface area contributed by atoms with Crippen LogP contribution in [0.5, 0.6) is 11.5 Å². The van der Waals surface area contributed by atoms with Gasteiger partial charge < -0.3 is 14.2 Å². The topological polar surface area (TPSA) is 44.8 Å². The molecule has 0 unspecified atom stereocenters. The molecule has 0 atom stereocenters. The fraction of sp³-hybridized carbons (Fsp3) is 0.316. The Balaban J connectivity index is 2.07. The molecule has 2 aromatic rings. The third-order valence-corrected chi connectivity index (χ3v) is 3.35. The van der Waals surface area contributed by atoms with Crippen molar-refractivity contribution >= 4 is 16.7 Å². The standard InChI is InChI=1S/C19H22O4/c1-3-5-12-21-17-10-11-18(16-9-7-6-8-15(16)17)22-13-14-23-19(20)4-2/h4,6-11H,2-3,5,12-14H2,1H3. The molecule has 4 nitrogen and oxygen atoms in total. The maximum atomic E-state index is 11.0. The third kappa shape index (κ3) is 4.74. The minimum Gasteiger partial charge on any atom is -0.493 e. The van der Waals surface area contributed by atoms with Gasteiger partial charge in [0.1, 0.15) is 24.7 Å². The van der Waals surface area contributed by atoms with Gasteiger partial charge in [-0.2, -0.15) is 0 Å². The lowest BCUT2D eigenvalue weighted by Gasteiger charge is -2.13. The fourth-order valence-electron chi connectivity index (χ4n) is 2.17. The highest BCUT2D eigenvalue weighted by atomic mass is 16.6. The molecule has 2 rings (SSSR count). The maximum Gasteiger partial charge on any atom is 0.330 e. The van der Waals surface area contributed by atoms with E-state index in [1.54, 1.807) is 0 Å². The van der Waals surface area contributed by atoms with Crippen LogP contribution in [0.2, 0.25) is 0 Å². The van der Waals surface area contributed by atoms with E-state index in [1.165, 1.54) is 0 Å². The van der Waals surface area contributed by atoms with Gasteiger partial charge in [-0.3, -0.25) is 0 Å². The number of carbonyl (C=O) groups excluding carboxylic acids is 1.